The van der Waals surface area contributed by atoms with E-state index in [-0.39, 0.29) is 17.9 Å². The van der Waals surface area contributed by atoms with E-state index >= 15 is 0 Å². The number of thiophene rings is 1. The van der Waals surface area contributed by atoms with E-state index in [4.69, 9.17) is 4.74 Å². The second-order valence-electron chi connectivity index (χ2n) is 7.42. The molecule has 2 N–H and O–H groups in total. The highest BCUT2D eigenvalue weighted by Crippen LogP contribution is 2.43. The molecule has 8 nitrogen and oxygen atoms in total. The SMILES string of the molecule is COCc1cc(C)nc2sc(C(O)c3ccccc3)c(NC(=O)c3ccccc3[N+](=O)[O-])c12. The minimum absolute atomic E-state index is 0.0737. The number of hydrogen-bond acceptors (Lipinski definition) is 7. The molecule has 0 radical (unpaired) electrons. The summed E-state index contributed by atoms with van der Waals surface area (Å²) in [6.07, 6.45) is -1.03. The number of rotatable bonds is 7. The summed E-state index contributed by atoms with van der Waals surface area (Å²) < 4.78 is 5.35. The van der Waals surface area contributed by atoms with Gasteiger partial charge in [-0.3, -0.25) is 14.9 Å². The first-order chi connectivity index (χ1) is 15.9. The maximum Gasteiger partial charge on any atom is 0.282 e. The minimum atomic E-state index is -1.03. The number of anilines is 1. The largest absolute Gasteiger partial charge is 0.383 e. The minimum Gasteiger partial charge on any atom is -0.383 e. The lowest BCUT2D eigenvalue weighted by molar-refractivity contribution is -0.385. The number of methoxy groups -OCH3 is 1. The summed E-state index contributed by atoms with van der Waals surface area (Å²) in [6.45, 7) is 2.13. The lowest BCUT2D eigenvalue weighted by Crippen LogP contribution is -2.15. The number of nitrogens with one attached hydrogen (secondary N) is 1. The Morgan fingerprint density at radius 1 is 1.21 bits per heavy atom. The first kappa shape index (κ1) is 22.5. The smallest absolute Gasteiger partial charge is 0.282 e. The molecule has 2 aromatic heterocycles. The monoisotopic (exact) mass is 463 g/mol. The molecule has 2 aromatic carbocycles. The van der Waals surface area contributed by atoms with Crippen LogP contribution in [0.2, 0.25) is 0 Å². The Kier molecular flexibility index (Phi) is 6.45. The average Bonchev–Trinajstić information content (AvgIpc) is 3.17. The summed E-state index contributed by atoms with van der Waals surface area (Å²) in [7, 11) is 1.57. The summed E-state index contributed by atoms with van der Waals surface area (Å²) in [5.41, 5.74) is 2.21. The van der Waals surface area contributed by atoms with E-state index in [1.54, 1.807) is 25.3 Å². The predicted octanol–water partition coefficient (Wildman–Crippen LogP) is 4.99. The Bertz CT molecular complexity index is 1340. The summed E-state index contributed by atoms with van der Waals surface area (Å²) in [5.74, 6) is -0.646. The van der Waals surface area contributed by atoms with Gasteiger partial charge in [0, 0.05) is 24.3 Å². The molecule has 4 aromatic rings. The van der Waals surface area contributed by atoms with Gasteiger partial charge in [-0.05, 0) is 30.2 Å². The van der Waals surface area contributed by atoms with Gasteiger partial charge in [0.05, 0.1) is 22.1 Å². The predicted molar refractivity (Wildman–Crippen MR) is 127 cm³/mol. The molecule has 1 unspecified atom stereocenters. The topological polar surface area (TPSA) is 115 Å². The molecule has 0 aliphatic carbocycles. The Morgan fingerprint density at radius 2 is 1.91 bits per heavy atom. The van der Waals surface area contributed by atoms with Gasteiger partial charge >= 0.3 is 0 Å². The number of aliphatic hydroxyl groups is 1. The number of hydrogen-bond donors (Lipinski definition) is 2. The van der Waals surface area contributed by atoms with E-state index in [9.17, 15) is 20.0 Å². The van der Waals surface area contributed by atoms with Gasteiger partial charge in [0.25, 0.3) is 11.6 Å². The van der Waals surface area contributed by atoms with Crippen molar-refractivity contribution in [1.82, 2.24) is 4.98 Å². The van der Waals surface area contributed by atoms with Crippen LogP contribution in [0.15, 0.2) is 60.7 Å². The van der Waals surface area contributed by atoms with E-state index in [0.717, 1.165) is 11.3 Å². The summed E-state index contributed by atoms with van der Waals surface area (Å²) in [4.78, 5) is 29.7. The second kappa shape index (κ2) is 9.45. The molecular weight excluding hydrogens is 442 g/mol. The van der Waals surface area contributed by atoms with Crippen molar-refractivity contribution in [3.63, 3.8) is 0 Å². The van der Waals surface area contributed by atoms with Crippen molar-refractivity contribution >= 4 is 38.8 Å². The van der Waals surface area contributed by atoms with Crippen molar-refractivity contribution < 1.29 is 19.6 Å². The van der Waals surface area contributed by atoms with Gasteiger partial charge in [0.1, 0.15) is 16.5 Å². The number of para-hydroxylation sites is 1. The van der Waals surface area contributed by atoms with E-state index < -0.39 is 16.9 Å². The average molecular weight is 464 g/mol. The van der Waals surface area contributed by atoms with Crippen molar-refractivity contribution in [3.05, 3.63) is 98.0 Å². The molecule has 168 valence electrons. The number of aliphatic hydroxyl groups excluding tert-OH is 1. The number of carbonyl (C=O) groups excluding carboxylic acids is 1. The van der Waals surface area contributed by atoms with Crippen LogP contribution in [-0.4, -0.2) is 28.0 Å². The standard InChI is InChI=1S/C24H21N3O5S/c1-14-12-16(13-32-2)19-20(26-23(29)17-10-6-7-11-18(17)27(30)31)22(33-24(19)25-14)21(28)15-8-4-3-5-9-15/h3-12,21,28H,13H2,1-2H3,(H,26,29). The molecule has 0 bridgehead atoms. The number of nitrogens with zero attached hydrogens (tertiary/aromatic N) is 2. The fraction of sp³-hybridized carbons (Fsp3) is 0.167. The quantitative estimate of drug-likeness (QED) is 0.295. The lowest BCUT2D eigenvalue weighted by atomic mass is 10.0. The Hall–Kier alpha value is -3.66. The van der Waals surface area contributed by atoms with E-state index in [1.807, 2.05) is 31.2 Å². The molecule has 0 aliphatic heterocycles. The third-order valence-electron chi connectivity index (χ3n) is 5.15. The normalized spacial score (nSPS) is 12.0. The fourth-order valence-electron chi connectivity index (χ4n) is 3.71. The van der Waals surface area contributed by atoms with Crippen LogP contribution in [0.4, 0.5) is 11.4 Å². The first-order valence-corrected chi connectivity index (χ1v) is 10.9. The highest BCUT2D eigenvalue weighted by Gasteiger charge is 2.27. The maximum absolute atomic E-state index is 13.2. The van der Waals surface area contributed by atoms with Gasteiger partial charge in [0.2, 0.25) is 0 Å². The molecular formula is C24H21N3O5S. The molecule has 1 atom stereocenters. The second-order valence-corrected chi connectivity index (χ2v) is 8.45. The molecule has 0 fully saturated rings. The van der Waals surface area contributed by atoms with Crippen LogP contribution in [0.1, 0.15) is 38.2 Å². The third-order valence-corrected chi connectivity index (χ3v) is 6.28. The molecule has 4 rings (SSSR count). The van der Waals surface area contributed by atoms with Crippen LogP contribution in [-0.2, 0) is 11.3 Å². The zero-order valence-corrected chi connectivity index (χ0v) is 18.8. The van der Waals surface area contributed by atoms with Crippen molar-refractivity contribution in [1.29, 1.82) is 0 Å². The Morgan fingerprint density at radius 3 is 2.61 bits per heavy atom. The Labute approximate surface area is 193 Å². The summed E-state index contributed by atoms with van der Waals surface area (Å²) >= 11 is 1.26. The van der Waals surface area contributed by atoms with Gasteiger partial charge in [-0.1, -0.05) is 42.5 Å². The number of nitro groups is 1. The van der Waals surface area contributed by atoms with Gasteiger partial charge in [0.15, 0.2) is 0 Å². The molecule has 0 saturated heterocycles. The number of aryl methyl sites for hydroxylation is 1. The number of benzene rings is 2. The van der Waals surface area contributed by atoms with Gasteiger partial charge < -0.3 is 15.2 Å². The third kappa shape index (κ3) is 4.47. The zero-order chi connectivity index (χ0) is 23.5. The van der Waals surface area contributed by atoms with Crippen LogP contribution in [0.5, 0.6) is 0 Å². The van der Waals surface area contributed by atoms with Crippen LogP contribution in [0, 0.1) is 17.0 Å². The van der Waals surface area contributed by atoms with E-state index in [1.165, 1.54) is 29.5 Å². The molecule has 0 spiro atoms. The van der Waals surface area contributed by atoms with Crippen LogP contribution in [0.25, 0.3) is 10.2 Å². The van der Waals surface area contributed by atoms with Crippen LogP contribution < -0.4 is 5.32 Å². The Balaban J connectivity index is 1.89. The molecule has 0 aliphatic rings. The van der Waals surface area contributed by atoms with Crippen molar-refractivity contribution in [2.75, 3.05) is 12.4 Å². The zero-order valence-electron chi connectivity index (χ0n) is 17.9. The van der Waals surface area contributed by atoms with Crippen molar-refractivity contribution in [2.45, 2.75) is 19.6 Å². The highest BCUT2D eigenvalue weighted by molar-refractivity contribution is 7.19. The maximum atomic E-state index is 13.2. The van der Waals surface area contributed by atoms with E-state index in [2.05, 4.69) is 10.3 Å². The molecule has 9 heteroatoms. The number of amides is 1. The number of nitro benzene ring substituents is 1. The van der Waals surface area contributed by atoms with Gasteiger partial charge in [-0.25, -0.2) is 4.98 Å². The number of aromatic nitrogens is 1. The molecule has 1 amide bonds. The first-order valence-electron chi connectivity index (χ1n) is 10.1. The highest BCUT2D eigenvalue weighted by atomic mass is 32.1. The number of fused-ring (bicyclic) bond motifs is 1. The number of pyridine rings is 1. The number of ether oxygens (including phenoxy) is 1. The molecule has 33 heavy (non-hydrogen) atoms. The fourth-order valence-corrected chi connectivity index (χ4v) is 4.94. The van der Waals surface area contributed by atoms with Crippen LogP contribution >= 0.6 is 11.3 Å². The van der Waals surface area contributed by atoms with Crippen molar-refractivity contribution in [2.24, 2.45) is 0 Å². The molecule has 0 saturated carbocycles. The lowest BCUT2D eigenvalue weighted by Gasteiger charge is -2.14. The van der Waals surface area contributed by atoms with Crippen molar-refractivity contribution in [3.8, 4) is 0 Å². The van der Waals surface area contributed by atoms with Gasteiger partial charge in [-0.15, -0.1) is 11.3 Å². The van der Waals surface area contributed by atoms with Gasteiger partial charge in [-0.2, -0.15) is 0 Å². The summed E-state index contributed by atoms with van der Waals surface area (Å²) in [6, 6.07) is 16.7. The molecule has 2 heterocycles. The van der Waals surface area contributed by atoms with Crippen LogP contribution in [0.3, 0.4) is 0 Å². The van der Waals surface area contributed by atoms with E-state index in [0.29, 0.717) is 26.3 Å². The number of carbonyl (C=O) groups is 1. The summed E-state index contributed by atoms with van der Waals surface area (Å²) in [5, 5.41) is 26.1.